The summed E-state index contributed by atoms with van der Waals surface area (Å²) in [5.74, 6) is 1.69. The van der Waals surface area contributed by atoms with Gasteiger partial charge in [0.15, 0.2) is 18.1 Å². The summed E-state index contributed by atoms with van der Waals surface area (Å²) < 4.78 is 11.2. The molecule has 0 saturated heterocycles. The van der Waals surface area contributed by atoms with E-state index in [0.29, 0.717) is 29.9 Å². The first kappa shape index (κ1) is 19.8. The molecule has 1 amide bonds. The highest BCUT2D eigenvalue weighted by Gasteiger charge is 2.16. The fraction of sp³-hybridized carbons (Fsp3) is 0.409. The van der Waals surface area contributed by atoms with Crippen LogP contribution in [0.2, 0.25) is 0 Å². The number of carbonyl (C=O) groups is 1. The second kappa shape index (κ2) is 9.27. The van der Waals surface area contributed by atoms with E-state index in [2.05, 4.69) is 51.2 Å². The van der Waals surface area contributed by atoms with Gasteiger partial charge in [0, 0.05) is 5.69 Å². The number of hydrogen-bond acceptors (Lipinski definition) is 3. The summed E-state index contributed by atoms with van der Waals surface area (Å²) in [5.41, 5.74) is 3.18. The zero-order chi connectivity index (χ0) is 19.1. The molecule has 0 atom stereocenters. The summed E-state index contributed by atoms with van der Waals surface area (Å²) in [7, 11) is 0. The van der Waals surface area contributed by atoms with E-state index in [0.717, 1.165) is 16.8 Å². The van der Waals surface area contributed by atoms with E-state index in [4.69, 9.17) is 9.47 Å². The Morgan fingerprint density at radius 1 is 0.885 bits per heavy atom. The maximum Gasteiger partial charge on any atom is 0.262 e. The van der Waals surface area contributed by atoms with Crippen LogP contribution in [0.15, 0.2) is 42.5 Å². The Hall–Kier alpha value is -2.49. The Balaban J connectivity index is 2.13. The van der Waals surface area contributed by atoms with Gasteiger partial charge in [0.1, 0.15) is 0 Å². The van der Waals surface area contributed by atoms with Crippen LogP contribution in [0.1, 0.15) is 57.6 Å². The third kappa shape index (κ3) is 5.01. The fourth-order valence-electron chi connectivity index (χ4n) is 2.86. The van der Waals surface area contributed by atoms with E-state index in [1.54, 1.807) is 6.07 Å². The number of para-hydroxylation sites is 3. The molecular weight excluding hydrogens is 326 g/mol. The Morgan fingerprint density at radius 3 is 1.92 bits per heavy atom. The monoisotopic (exact) mass is 355 g/mol. The molecule has 2 rings (SSSR count). The minimum absolute atomic E-state index is 0.0615. The third-order valence-electron chi connectivity index (χ3n) is 4.15. The number of nitrogens with one attached hydrogen (secondary N) is 1. The molecule has 26 heavy (non-hydrogen) atoms. The molecule has 0 radical (unpaired) electrons. The van der Waals surface area contributed by atoms with Gasteiger partial charge in [-0.2, -0.15) is 0 Å². The molecule has 1 N–H and O–H groups in total. The molecule has 4 nitrogen and oxygen atoms in total. The van der Waals surface area contributed by atoms with Gasteiger partial charge < -0.3 is 14.8 Å². The maximum absolute atomic E-state index is 12.5. The Bertz CT molecular complexity index is 712. The minimum Gasteiger partial charge on any atom is -0.490 e. The van der Waals surface area contributed by atoms with Crippen molar-refractivity contribution in [1.29, 1.82) is 0 Å². The van der Waals surface area contributed by atoms with Crippen molar-refractivity contribution in [2.45, 2.75) is 46.5 Å². The van der Waals surface area contributed by atoms with E-state index in [-0.39, 0.29) is 12.5 Å². The van der Waals surface area contributed by atoms with Gasteiger partial charge in [0.25, 0.3) is 5.91 Å². The van der Waals surface area contributed by atoms with Crippen molar-refractivity contribution in [2.75, 3.05) is 18.5 Å². The SMILES string of the molecule is CCOc1ccccc1OCC(=O)Nc1c(C(C)C)cccc1C(C)C. The van der Waals surface area contributed by atoms with Crippen molar-refractivity contribution in [1.82, 2.24) is 0 Å². The van der Waals surface area contributed by atoms with Crippen LogP contribution in [0.3, 0.4) is 0 Å². The number of rotatable bonds is 8. The molecule has 4 heteroatoms. The standard InChI is InChI=1S/C22H29NO3/c1-6-25-19-12-7-8-13-20(19)26-14-21(24)23-22-17(15(2)3)10-9-11-18(22)16(4)5/h7-13,15-16H,6,14H2,1-5H3,(H,23,24). The first-order valence-corrected chi connectivity index (χ1v) is 9.21. The average molecular weight is 355 g/mol. The number of carbonyl (C=O) groups excluding carboxylic acids is 1. The van der Waals surface area contributed by atoms with Gasteiger partial charge in [-0.05, 0) is 42.0 Å². The van der Waals surface area contributed by atoms with Crippen LogP contribution in [-0.2, 0) is 4.79 Å². The molecule has 0 aliphatic carbocycles. The molecule has 0 aromatic heterocycles. The van der Waals surface area contributed by atoms with Gasteiger partial charge in [0.05, 0.1) is 6.61 Å². The summed E-state index contributed by atoms with van der Waals surface area (Å²) in [6, 6.07) is 13.6. The van der Waals surface area contributed by atoms with Crippen molar-refractivity contribution in [3.05, 3.63) is 53.6 Å². The Kier molecular flexibility index (Phi) is 7.07. The first-order valence-electron chi connectivity index (χ1n) is 9.21. The summed E-state index contributed by atoms with van der Waals surface area (Å²) >= 11 is 0. The molecule has 140 valence electrons. The van der Waals surface area contributed by atoms with Crippen LogP contribution in [-0.4, -0.2) is 19.1 Å². The van der Waals surface area contributed by atoms with Crippen molar-refractivity contribution in [3.63, 3.8) is 0 Å². The van der Waals surface area contributed by atoms with E-state index < -0.39 is 0 Å². The number of ether oxygens (including phenoxy) is 2. The zero-order valence-electron chi connectivity index (χ0n) is 16.3. The summed E-state index contributed by atoms with van der Waals surface area (Å²) in [4.78, 5) is 12.5. The number of benzene rings is 2. The van der Waals surface area contributed by atoms with Crippen molar-refractivity contribution < 1.29 is 14.3 Å². The highest BCUT2D eigenvalue weighted by atomic mass is 16.5. The molecular formula is C22H29NO3. The topological polar surface area (TPSA) is 47.6 Å². The average Bonchev–Trinajstić information content (AvgIpc) is 2.61. The third-order valence-corrected chi connectivity index (χ3v) is 4.15. The van der Waals surface area contributed by atoms with Crippen LogP contribution in [0, 0.1) is 0 Å². The normalized spacial score (nSPS) is 10.9. The molecule has 0 saturated carbocycles. The lowest BCUT2D eigenvalue weighted by Crippen LogP contribution is -2.22. The van der Waals surface area contributed by atoms with Crippen LogP contribution in [0.4, 0.5) is 5.69 Å². The van der Waals surface area contributed by atoms with E-state index in [1.165, 1.54) is 0 Å². The summed E-state index contributed by atoms with van der Waals surface area (Å²) in [6.07, 6.45) is 0. The van der Waals surface area contributed by atoms with Crippen molar-refractivity contribution in [2.24, 2.45) is 0 Å². The van der Waals surface area contributed by atoms with E-state index >= 15 is 0 Å². The lowest BCUT2D eigenvalue weighted by Gasteiger charge is -2.20. The van der Waals surface area contributed by atoms with Crippen molar-refractivity contribution in [3.8, 4) is 11.5 Å². The molecule has 0 bridgehead atoms. The summed E-state index contributed by atoms with van der Waals surface area (Å²) in [5, 5.41) is 3.06. The highest BCUT2D eigenvalue weighted by molar-refractivity contribution is 5.93. The van der Waals surface area contributed by atoms with Gasteiger partial charge in [0.2, 0.25) is 0 Å². The molecule has 0 aliphatic rings. The lowest BCUT2D eigenvalue weighted by molar-refractivity contribution is -0.118. The molecule has 2 aromatic rings. The largest absolute Gasteiger partial charge is 0.490 e. The lowest BCUT2D eigenvalue weighted by atomic mass is 9.92. The maximum atomic E-state index is 12.5. The van der Waals surface area contributed by atoms with Gasteiger partial charge in [-0.15, -0.1) is 0 Å². The minimum atomic E-state index is -0.175. The number of hydrogen-bond donors (Lipinski definition) is 1. The second-order valence-electron chi connectivity index (χ2n) is 6.84. The summed E-state index contributed by atoms with van der Waals surface area (Å²) in [6.45, 7) is 10.9. The first-order chi connectivity index (χ1) is 12.4. The highest BCUT2D eigenvalue weighted by Crippen LogP contribution is 2.32. The van der Waals surface area contributed by atoms with Crippen LogP contribution < -0.4 is 14.8 Å². The molecule has 2 aromatic carbocycles. The van der Waals surface area contributed by atoms with Gasteiger partial charge >= 0.3 is 0 Å². The van der Waals surface area contributed by atoms with Crippen molar-refractivity contribution >= 4 is 11.6 Å². The zero-order valence-corrected chi connectivity index (χ0v) is 16.3. The van der Waals surface area contributed by atoms with E-state index in [9.17, 15) is 4.79 Å². The predicted octanol–water partition coefficient (Wildman–Crippen LogP) is 5.35. The molecule has 0 fully saturated rings. The van der Waals surface area contributed by atoms with E-state index in [1.807, 2.05) is 25.1 Å². The number of amides is 1. The quantitative estimate of drug-likeness (QED) is 0.694. The second-order valence-corrected chi connectivity index (χ2v) is 6.84. The fourth-order valence-corrected chi connectivity index (χ4v) is 2.86. The molecule has 0 aliphatic heterocycles. The smallest absolute Gasteiger partial charge is 0.262 e. The van der Waals surface area contributed by atoms with Crippen LogP contribution in [0.5, 0.6) is 11.5 Å². The van der Waals surface area contributed by atoms with Gasteiger partial charge in [-0.1, -0.05) is 58.0 Å². The van der Waals surface area contributed by atoms with Crippen LogP contribution >= 0.6 is 0 Å². The van der Waals surface area contributed by atoms with Crippen LogP contribution in [0.25, 0.3) is 0 Å². The molecule has 0 spiro atoms. The predicted molar refractivity (Wildman–Crippen MR) is 106 cm³/mol. The number of anilines is 1. The van der Waals surface area contributed by atoms with Gasteiger partial charge in [-0.3, -0.25) is 4.79 Å². The molecule has 0 unspecified atom stereocenters. The van der Waals surface area contributed by atoms with Gasteiger partial charge in [-0.25, -0.2) is 0 Å². The Labute approximate surface area is 156 Å². The Morgan fingerprint density at radius 2 is 1.42 bits per heavy atom. The molecule has 0 heterocycles.